The molecule has 0 aliphatic carbocycles. The zero-order valence-electron chi connectivity index (χ0n) is 19.8. The van der Waals surface area contributed by atoms with Crippen molar-refractivity contribution in [2.24, 2.45) is 5.92 Å². The summed E-state index contributed by atoms with van der Waals surface area (Å²) < 4.78 is 11.9. The van der Waals surface area contributed by atoms with Gasteiger partial charge in [0.15, 0.2) is 11.6 Å². The highest BCUT2D eigenvalue weighted by atomic mass is 16.6. The summed E-state index contributed by atoms with van der Waals surface area (Å²) in [6.45, 7) is 12.1. The molecule has 4 heterocycles. The highest BCUT2D eigenvalue weighted by Crippen LogP contribution is 2.41. The Morgan fingerprint density at radius 2 is 2.03 bits per heavy atom. The molecule has 4 rings (SSSR count). The smallest absolute Gasteiger partial charge is 0.410 e. The molecule has 4 atom stereocenters. The van der Waals surface area contributed by atoms with Crippen molar-refractivity contribution in [2.45, 2.75) is 90.5 Å². The predicted molar refractivity (Wildman–Crippen MR) is 121 cm³/mol. The van der Waals surface area contributed by atoms with Crippen LogP contribution in [0.3, 0.4) is 0 Å². The summed E-state index contributed by atoms with van der Waals surface area (Å²) in [6.07, 6.45) is 5.72. The molecule has 32 heavy (non-hydrogen) atoms. The Kier molecular flexibility index (Phi) is 6.01. The number of ether oxygens (including phenoxy) is 2. The largest absolute Gasteiger partial charge is 0.473 e. The number of H-pyrrole nitrogens is 1. The summed E-state index contributed by atoms with van der Waals surface area (Å²) in [4.78, 5) is 23.6. The molecule has 2 aliphatic rings. The lowest BCUT2D eigenvalue weighted by Gasteiger charge is -2.43. The van der Waals surface area contributed by atoms with Gasteiger partial charge in [-0.15, -0.1) is 0 Å². The molecule has 9 heteroatoms. The Morgan fingerprint density at radius 1 is 1.25 bits per heavy atom. The lowest BCUT2D eigenvalue weighted by Crippen LogP contribution is -2.55. The Bertz CT molecular complexity index is 953. The van der Waals surface area contributed by atoms with Crippen LogP contribution < -0.4 is 10.1 Å². The first-order valence-electron chi connectivity index (χ1n) is 11.4. The number of aromatic amines is 1. The quantitative estimate of drug-likeness (QED) is 0.696. The summed E-state index contributed by atoms with van der Waals surface area (Å²) >= 11 is 0. The Morgan fingerprint density at radius 3 is 2.72 bits per heavy atom. The summed E-state index contributed by atoms with van der Waals surface area (Å²) in [6, 6.07) is 2.21. The van der Waals surface area contributed by atoms with Crippen molar-refractivity contribution >= 4 is 17.7 Å². The van der Waals surface area contributed by atoms with E-state index in [0.717, 1.165) is 25.0 Å². The number of nitrogens with one attached hydrogen (secondary N) is 2. The summed E-state index contributed by atoms with van der Waals surface area (Å²) in [7, 11) is 0. The van der Waals surface area contributed by atoms with Crippen LogP contribution in [0.2, 0.25) is 0 Å². The van der Waals surface area contributed by atoms with E-state index < -0.39 is 5.60 Å². The maximum Gasteiger partial charge on any atom is 0.410 e. The number of hydrogen-bond acceptors (Lipinski definition) is 7. The summed E-state index contributed by atoms with van der Waals surface area (Å²) in [5, 5.41) is 10.5. The SMILES string of the molecule is CC(C)c1cc(Nc2cncc(O[C@@H]3C[C@@H]4CC[C@H]([C@H]3C)N4C(=O)OC(C)(C)C)n2)n[nH]1. The first-order valence-corrected chi connectivity index (χ1v) is 11.4. The van der Waals surface area contributed by atoms with Gasteiger partial charge in [-0.25, -0.2) is 4.79 Å². The van der Waals surface area contributed by atoms with E-state index in [1.54, 1.807) is 12.4 Å². The van der Waals surface area contributed by atoms with Gasteiger partial charge in [-0.3, -0.25) is 10.1 Å². The lowest BCUT2D eigenvalue weighted by atomic mass is 9.89. The fourth-order valence-corrected chi connectivity index (χ4v) is 4.59. The minimum absolute atomic E-state index is 0.0336. The third-order valence-electron chi connectivity index (χ3n) is 6.21. The van der Waals surface area contributed by atoms with Crippen LogP contribution in [-0.4, -0.2) is 54.9 Å². The van der Waals surface area contributed by atoms with Crippen molar-refractivity contribution in [3.05, 3.63) is 24.2 Å². The molecule has 2 N–H and O–H groups in total. The molecule has 174 valence electrons. The van der Waals surface area contributed by atoms with E-state index in [1.165, 1.54) is 0 Å². The second-order valence-corrected chi connectivity index (χ2v) is 10.2. The van der Waals surface area contributed by atoms with Crippen molar-refractivity contribution in [1.29, 1.82) is 0 Å². The minimum Gasteiger partial charge on any atom is -0.473 e. The van der Waals surface area contributed by atoms with Gasteiger partial charge in [-0.05, 0) is 39.5 Å². The third kappa shape index (κ3) is 4.81. The molecule has 0 saturated carbocycles. The first kappa shape index (κ1) is 22.4. The molecule has 9 nitrogen and oxygen atoms in total. The van der Waals surface area contributed by atoms with Crippen LogP contribution >= 0.6 is 0 Å². The fourth-order valence-electron chi connectivity index (χ4n) is 4.59. The van der Waals surface area contributed by atoms with Gasteiger partial charge in [0.05, 0.1) is 12.4 Å². The molecule has 1 amide bonds. The first-order chi connectivity index (χ1) is 15.1. The molecular formula is C23H34N6O3. The number of hydrogen-bond donors (Lipinski definition) is 2. The number of nitrogens with zero attached hydrogens (tertiary/aromatic N) is 4. The predicted octanol–water partition coefficient (Wildman–Crippen LogP) is 4.62. The minimum atomic E-state index is -0.500. The van der Waals surface area contributed by atoms with Gasteiger partial charge < -0.3 is 19.7 Å². The summed E-state index contributed by atoms with van der Waals surface area (Å²) in [5.41, 5.74) is 0.550. The Balaban J connectivity index is 1.42. The van der Waals surface area contributed by atoms with Crippen LogP contribution in [0.5, 0.6) is 5.88 Å². The van der Waals surface area contributed by atoms with E-state index in [2.05, 4.69) is 46.3 Å². The van der Waals surface area contributed by atoms with Crippen LogP contribution in [-0.2, 0) is 4.74 Å². The van der Waals surface area contributed by atoms with Crippen LogP contribution in [0, 0.1) is 5.92 Å². The number of piperidine rings is 1. The second kappa shape index (κ2) is 8.60. The zero-order valence-corrected chi connectivity index (χ0v) is 19.8. The molecule has 0 unspecified atom stereocenters. The van der Waals surface area contributed by atoms with E-state index in [4.69, 9.17) is 9.47 Å². The highest BCUT2D eigenvalue weighted by molar-refractivity contribution is 5.69. The van der Waals surface area contributed by atoms with Gasteiger partial charge >= 0.3 is 6.09 Å². The molecule has 2 aliphatic heterocycles. The van der Waals surface area contributed by atoms with Gasteiger partial charge in [0.25, 0.3) is 0 Å². The van der Waals surface area contributed by atoms with E-state index in [9.17, 15) is 4.79 Å². The second-order valence-electron chi connectivity index (χ2n) is 10.2. The Labute approximate surface area is 189 Å². The fraction of sp³-hybridized carbons (Fsp3) is 0.652. The summed E-state index contributed by atoms with van der Waals surface area (Å²) in [5.74, 6) is 2.27. The van der Waals surface area contributed by atoms with Gasteiger partial charge in [0.1, 0.15) is 11.7 Å². The normalized spacial score (nSPS) is 25.2. The number of carbonyl (C=O) groups excluding carboxylic acids is 1. The molecule has 0 aromatic carbocycles. The third-order valence-corrected chi connectivity index (χ3v) is 6.21. The average Bonchev–Trinajstić information content (AvgIpc) is 3.30. The number of fused-ring (bicyclic) bond motifs is 2. The highest BCUT2D eigenvalue weighted by Gasteiger charge is 2.49. The number of anilines is 2. The van der Waals surface area contributed by atoms with E-state index in [-0.39, 0.29) is 30.2 Å². The molecule has 2 fully saturated rings. The molecule has 2 aromatic heterocycles. The standard InChI is InChI=1S/C23H34N6O3/c1-13(2)16-10-19(28-27-16)25-20-11-24-12-21(26-20)31-18-9-15-7-8-17(14(18)3)29(15)22(30)32-23(4,5)6/h10-15,17-18H,7-9H2,1-6H3,(H2,25,26,27,28)/t14-,15+,17-,18-/m1/s1. The number of aromatic nitrogens is 4. The van der Waals surface area contributed by atoms with Crippen LogP contribution in [0.25, 0.3) is 0 Å². The van der Waals surface area contributed by atoms with Gasteiger partial charge in [-0.1, -0.05) is 20.8 Å². The van der Waals surface area contributed by atoms with Crippen molar-refractivity contribution in [3.8, 4) is 5.88 Å². The van der Waals surface area contributed by atoms with Crippen LogP contribution in [0.15, 0.2) is 18.5 Å². The average molecular weight is 443 g/mol. The van der Waals surface area contributed by atoms with Crippen LogP contribution in [0.4, 0.5) is 16.4 Å². The Hall–Kier alpha value is -2.84. The number of amides is 1. The molecule has 2 bridgehead atoms. The number of carbonyl (C=O) groups is 1. The van der Waals surface area contributed by atoms with Crippen molar-refractivity contribution < 1.29 is 14.3 Å². The molecular weight excluding hydrogens is 408 g/mol. The van der Waals surface area contributed by atoms with Crippen LogP contribution in [0.1, 0.15) is 72.4 Å². The monoisotopic (exact) mass is 442 g/mol. The van der Waals surface area contributed by atoms with E-state index in [0.29, 0.717) is 23.4 Å². The molecule has 2 saturated heterocycles. The van der Waals surface area contributed by atoms with E-state index in [1.807, 2.05) is 31.7 Å². The zero-order chi connectivity index (χ0) is 23.0. The molecule has 2 aromatic rings. The van der Waals surface area contributed by atoms with Crippen molar-refractivity contribution in [2.75, 3.05) is 5.32 Å². The number of rotatable bonds is 5. The lowest BCUT2D eigenvalue weighted by molar-refractivity contribution is -0.0272. The molecule has 0 radical (unpaired) electrons. The maximum atomic E-state index is 12.8. The van der Waals surface area contributed by atoms with Gasteiger partial charge in [0, 0.05) is 36.2 Å². The van der Waals surface area contributed by atoms with Gasteiger partial charge in [0.2, 0.25) is 5.88 Å². The topological polar surface area (TPSA) is 105 Å². The van der Waals surface area contributed by atoms with Crippen molar-refractivity contribution in [1.82, 2.24) is 25.1 Å². The van der Waals surface area contributed by atoms with Crippen molar-refractivity contribution in [3.63, 3.8) is 0 Å². The van der Waals surface area contributed by atoms with E-state index >= 15 is 0 Å². The maximum absolute atomic E-state index is 12.8. The van der Waals surface area contributed by atoms with Gasteiger partial charge in [-0.2, -0.15) is 10.1 Å². The molecule has 0 spiro atoms.